The van der Waals surface area contributed by atoms with Gasteiger partial charge in [-0.1, -0.05) is 11.6 Å². The lowest BCUT2D eigenvalue weighted by atomic mass is 10.0. The largest absolute Gasteiger partial charge is 0.493 e. The Hall–Kier alpha value is -0.770. The second-order valence-electron chi connectivity index (χ2n) is 4.63. The molecule has 1 aliphatic heterocycles. The topological polar surface area (TPSA) is 30.5 Å². The Kier molecular flexibility index (Phi) is 4.87. The number of aryl methyl sites for hydroxylation is 1. The van der Waals surface area contributed by atoms with Crippen molar-refractivity contribution in [1.82, 2.24) is 5.32 Å². The van der Waals surface area contributed by atoms with E-state index in [4.69, 9.17) is 21.1 Å². The van der Waals surface area contributed by atoms with Crippen molar-refractivity contribution in [3.8, 4) is 5.75 Å². The van der Waals surface area contributed by atoms with Crippen molar-refractivity contribution in [2.45, 2.75) is 25.3 Å². The van der Waals surface area contributed by atoms with E-state index in [2.05, 4.69) is 5.32 Å². The molecule has 0 saturated heterocycles. The Bertz CT molecular complexity index is 409. The maximum Gasteiger partial charge on any atom is 0.125 e. The van der Waals surface area contributed by atoms with Crippen LogP contribution in [-0.4, -0.2) is 33.4 Å². The lowest BCUT2D eigenvalue weighted by Crippen LogP contribution is -2.30. The summed E-state index contributed by atoms with van der Waals surface area (Å²) in [5, 5.41) is 4.06. The first-order valence-corrected chi connectivity index (χ1v) is 6.72. The van der Waals surface area contributed by atoms with Crippen molar-refractivity contribution in [1.29, 1.82) is 0 Å². The molecule has 2 rings (SSSR count). The van der Waals surface area contributed by atoms with E-state index in [1.54, 1.807) is 7.11 Å². The Labute approximate surface area is 113 Å². The predicted octanol–water partition coefficient (Wildman–Crippen LogP) is 2.44. The minimum Gasteiger partial charge on any atom is -0.493 e. The summed E-state index contributed by atoms with van der Waals surface area (Å²) in [6.45, 7) is 1.50. The van der Waals surface area contributed by atoms with Crippen LogP contribution >= 0.6 is 11.6 Å². The number of halogens is 1. The molecule has 0 spiro atoms. The van der Waals surface area contributed by atoms with E-state index in [1.165, 1.54) is 11.1 Å². The molecule has 0 saturated carbocycles. The summed E-state index contributed by atoms with van der Waals surface area (Å²) in [7, 11) is 3.69. The second kappa shape index (κ2) is 6.41. The molecule has 1 aromatic rings. The average molecular weight is 270 g/mol. The smallest absolute Gasteiger partial charge is 0.125 e. The zero-order valence-electron chi connectivity index (χ0n) is 11.0. The van der Waals surface area contributed by atoms with Gasteiger partial charge in [-0.25, -0.2) is 0 Å². The highest BCUT2D eigenvalue weighted by Crippen LogP contribution is 2.33. The molecular formula is C14H20ClNO2. The molecule has 100 valence electrons. The van der Waals surface area contributed by atoms with Crippen LogP contribution in [0, 0.1) is 0 Å². The van der Waals surface area contributed by atoms with E-state index in [0.717, 1.165) is 43.2 Å². The molecule has 4 heteroatoms. The Morgan fingerprint density at radius 3 is 3.06 bits per heavy atom. The summed E-state index contributed by atoms with van der Waals surface area (Å²) in [4.78, 5) is 0. The number of hydrogen-bond donors (Lipinski definition) is 1. The monoisotopic (exact) mass is 269 g/mol. The molecule has 0 bridgehead atoms. The zero-order chi connectivity index (χ0) is 13.0. The zero-order valence-corrected chi connectivity index (χ0v) is 11.7. The van der Waals surface area contributed by atoms with Crippen LogP contribution in [0.5, 0.6) is 5.75 Å². The predicted molar refractivity (Wildman–Crippen MR) is 73.7 cm³/mol. The first-order valence-electron chi connectivity index (χ1n) is 6.35. The summed E-state index contributed by atoms with van der Waals surface area (Å²) < 4.78 is 10.9. The number of fused-ring (bicyclic) bond motifs is 1. The number of benzene rings is 1. The lowest BCUT2D eigenvalue weighted by Gasteiger charge is -2.16. The van der Waals surface area contributed by atoms with Gasteiger partial charge in [0.1, 0.15) is 5.75 Å². The van der Waals surface area contributed by atoms with E-state index >= 15 is 0 Å². The number of hydrogen-bond acceptors (Lipinski definition) is 3. The van der Waals surface area contributed by atoms with E-state index in [9.17, 15) is 0 Å². The van der Waals surface area contributed by atoms with Gasteiger partial charge in [0.05, 0.1) is 13.2 Å². The van der Waals surface area contributed by atoms with Gasteiger partial charge in [-0.05, 0) is 43.1 Å². The van der Waals surface area contributed by atoms with Gasteiger partial charge in [-0.2, -0.15) is 0 Å². The van der Waals surface area contributed by atoms with Crippen LogP contribution in [0.3, 0.4) is 0 Å². The first kappa shape index (κ1) is 13.7. The lowest BCUT2D eigenvalue weighted by molar-refractivity contribution is 0.166. The summed E-state index contributed by atoms with van der Waals surface area (Å²) in [5.74, 6) is 1.05. The molecule has 0 radical (unpaired) electrons. The molecule has 0 aliphatic carbocycles. The molecule has 0 aromatic heterocycles. The molecule has 0 fully saturated rings. The molecule has 1 atom stereocenters. The van der Waals surface area contributed by atoms with Crippen LogP contribution in [0.25, 0.3) is 0 Å². The minimum absolute atomic E-state index is 0.367. The van der Waals surface area contributed by atoms with E-state index in [0.29, 0.717) is 6.04 Å². The molecular weight excluding hydrogens is 250 g/mol. The number of nitrogens with one attached hydrogen (secondary N) is 1. The van der Waals surface area contributed by atoms with Crippen molar-refractivity contribution in [3.05, 3.63) is 28.3 Å². The van der Waals surface area contributed by atoms with Crippen LogP contribution in [0.1, 0.15) is 17.5 Å². The Balaban J connectivity index is 2.05. The third kappa shape index (κ3) is 3.16. The summed E-state index contributed by atoms with van der Waals surface area (Å²) in [6.07, 6.45) is 2.94. The summed E-state index contributed by atoms with van der Waals surface area (Å²) in [6, 6.07) is 4.40. The molecule has 1 aliphatic rings. The van der Waals surface area contributed by atoms with Crippen LogP contribution in [0.2, 0.25) is 5.02 Å². The van der Waals surface area contributed by atoms with Crippen LogP contribution < -0.4 is 10.1 Å². The van der Waals surface area contributed by atoms with Crippen LogP contribution in [0.4, 0.5) is 0 Å². The van der Waals surface area contributed by atoms with Gasteiger partial charge < -0.3 is 14.8 Å². The average Bonchev–Trinajstić information content (AvgIpc) is 2.82. The van der Waals surface area contributed by atoms with E-state index in [-0.39, 0.29) is 0 Å². The van der Waals surface area contributed by atoms with Crippen molar-refractivity contribution < 1.29 is 9.47 Å². The second-order valence-corrected chi connectivity index (χ2v) is 5.07. The third-order valence-corrected chi connectivity index (χ3v) is 3.58. The van der Waals surface area contributed by atoms with Crippen LogP contribution in [0.15, 0.2) is 12.1 Å². The van der Waals surface area contributed by atoms with Gasteiger partial charge in [0.2, 0.25) is 0 Å². The first-order chi connectivity index (χ1) is 8.74. The molecule has 1 N–H and O–H groups in total. The fraction of sp³-hybridized carbons (Fsp3) is 0.571. The van der Waals surface area contributed by atoms with Gasteiger partial charge in [0, 0.05) is 24.6 Å². The van der Waals surface area contributed by atoms with Crippen LogP contribution in [-0.2, 0) is 17.6 Å². The summed E-state index contributed by atoms with van der Waals surface area (Å²) in [5.41, 5.74) is 2.46. The van der Waals surface area contributed by atoms with Gasteiger partial charge in [-0.3, -0.25) is 0 Å². The Morgan fingerprint density at radius 2 is 2.33 bits per heavy atom. The van der Waals surface area contributed by atoms with Crippen molar-refractivity contribution >= 4 is 11.6 Å². The number of rotatable bonds is 6. The molecule has 1 heterocycles. The minimum atomic E-state index is 0.367. The van der Waals surface area contributed by atoms with Gasteiger partial charge in [0.15, 0.2) is 0 Å². The quantitative estimate of drug-likeness (QED) is 0.861. The number of likely N-dealkylation sites (N-methyl/N-ethyl adjacent to an activating group) is 1. The van der Waals surface area contributed by atoms with Crippen molar-refractivity contribution in [2.24, 2.45) is 0 Å². The van der Waals surface area contributed by atoms with E-state index < -0.39 is 0 Å². The SMILES string of the molecule is CNC(CCc1cc(Cl)cc2c1OCC2)COC. The van der Waals surface area contributed by atoms with Gasteiger partial charge in [0.25, 0.3) is 0 Å². The third-order valence-electron chi connectivity index (χ3n) is 3.36. The molecule has 1 aromatic carbocycles. The van der Waals surface area contributed by atoms with Crippen molar-refractivity contribution in [2.75, 3.05) is 27.4 Å². The highest BCUT2D eigenvalue weighted by Gasteiger charge is 2.18. The molecule has 1 unspecified atom stereocenters. The fourth-order valence-electron chi connectivity index (χ4n) is 2.37. The van der Waals surface area contributed by atoms with Gasteiger partial charge in [-0.15, -0.1) is 0 Å². The maximum atomic E-state index is 6.14. The number of methoxy groups -OCH3 is 1. The summed E-state index contributed by atoms with van der Waals surface area (Å²) >= 11 is 6.14. The van der Waals surface area contributed by atoms with Gasteiger partial charge >= 0.3 is 0 Å². The molecule has 0 amide bonds. The standard InChI is InChI=1S/C14H20ClNO2/c1-16-13(9-17-2)4-3-10-7-12(15)8-11-5-6-18-14(10)11/h7-8,13,16H,3-6,9H2,1-2H3. The fourth-order valence-corrected chi connectivity index (χ4v) is 2.64. The Morgan fingerprint density at radius 1 is 1.50 bits per heavy atom. The highest BCUT2D eigenvalue weighted by atomic mass is 35.5. The number of ether oxygens (including phenoxy) is 2. The highest BCUT2D eigenvalue weighted by molar-refractivity contribution is 6.30. The van der Waals surface area contributed by atoms with Crippen molar-refractivity contribution in [3.63, 3.8) is 0 Å². The maximum absolute atomic E-state index is 6.14. The normalized spacial score (nSPS) is 15.3. The molecule has 3 nitrogen and oxygen atoms in total. The van der Waals surface area contributed by atoms with E-state index in [1.807, 2.05) is 19.2 Å². The molecule has 18 heavy (non-hydrogen) atoms.